The van der Waals surface area contributed by atoms with E-state index in [0.717, 1.165) is 47.8 Å². The van der Waals surface area contributed by atoms with Crippen molar-refractivity contribution in [1.29, 1.82) is 0 Å². The van der Waals surface area contributed by atoms with E-state index in [1.165, 1.54) is 55.8 Å². The van der Waals surface area contributed by atoms with Crippen molar-refractivity contribution in [3.05, 3.63) is 0 Å². The molecule has 4 atom stereocenters. The summed E-state index contributed by atoms with van der Waals surface area (Å²) in [5.41, 5.74) is 0. The number of hydrogen-bond donors (Lipinski definition) is 0. The molecule has 0 amide bonds. The molecule has 4 rings (SSSR count). The van der Waals surface area contributed by atoms with Gasteiger partial charge < -0.3 is 9.38 Å². The van der Waals surface area contributed by atoms with E-state index in [9.17, 15) is 0 Å². The van der Waals surface area contributed by atoms with Crippen molar-refractivity contribution in [3.8, 4) is 0 Å². The van der Waals surface area contributed by atoms with Gasteiger partial charge in [-0.25, -0.2) is 0 Å². The third-order valence-electron chi connectivity index (χ3n) is 8.89. The molecule has 4 aliphatic heterocycles. The number of nitrogens with zero attached hydrogens (tertiary/aromatic N) is 2. The Bertz CT molecular complexity index is 411. The Morgan fingerprint density at radius 3 is 1.48 bits per heavy atom. The Kier molecular flexibility index (Phi) is 5.91. The van der Waals surface area contributed by atoms with Gasteiger partial charge in [-0.3, -0.25) is 0 Å². The molecule has 4 saturated heterocycles. The molecular weight excluding hydrogens is 304 g/mol. The Morgan fingerprint density at radius 1 is 0.680 bits per heavy atom. The first-order valence-corrected chi connectivity index (χ1v) is 11.2. The third kappa shape index (κ3) is 3.95. The SMILES string of the molecule is CC(C)C1CC2CCC(C1)N2C.CC(C)C1CC2CCC(C1)[N+]2(C)C. The van der Waals surface area contributed by atoms with Crippen LogP contribution in [0.15, 0.2) is 0 Å². The van der Waals surface area contributed by atoms with Gasteiger partial charge in [0.2, 0.25) is 0 Å². The van der Waals surface area contributed by atoms with Crippen LogP contribution in [0.3, 0.4) is 0 Å². The molecule has 0 aromatic heterocycles. The largest absolute Gasteiger partial charge is 0.324 e. The predicted molar refractivity (Wildman–Crippen MR) is 109 cm³/mol. The molecule has 0 spiro atoms. The molecule has 0 aliphatic carbocycles. The highest BCUT2D eigenvalue weighted by Gasteiger charge is 2.49. The molecule has 4 fully saturated rings. The number of rotatable bonds is 2. The van der Waals surface area contributed by atoms with Crippen molar-refractivity contribution in [1.82, 2.24) is 4.90 Å². The van der Waals surface area contributed by atoms with Crippen LogP contribution in [0.25, 0.3) is 0 Å². The highest BCUT2D eigenvalue weighted by molar-refractivity contribution is 4.93. The maximum absolute atomic E-state index is 2.62. The average molecular weight is 350 g/mol. The molecular formula is C23H45N2+. The van der Waals surface area contributed by atoms with E-state index in [2.05, 4.69) is 53.7 Å². The van der Waals surface area contributed by atoms with Crippen LogP contribution in [-0.2, 0) is 0 Å². The summed E-state index contributed by atoms with van der Waals surface area (Å²) < 4.78 is 1.32. The first-order valence-electron chi connectivity index (χ1n) is 11.2. The second-order valence-electron chi connectivity index (χ2n) is 11.0. The highest BCUT2D eigenvalue weighted by atomic mass is 15.4. The minimum absolute atomic E-state index is 0.904. The first-order chi connectivity index (χ1) is 11.7. The van der Waals surface area contributed by atoms with Crippen LogP contribution < -0.4 is 0 Å². The summed E-state index contributed by atoms with van der Waals surface area (Å²) in [6.07, 6.45) is 11.8. The number of fused-ring (bicyclic) bond motifs is 4. The van der Waals surface area contributed by atoms with Crippen molar-refractivity contribution < 1.29 is 4.48 Å². The lowest BCUT2D eigenvalue weighted by Crippen LogP contribution is -2.55. The number of quaternary nitrogens is 1. The van der Waals surface area contributed by atoms with Crippen LogP contribution in [0.5, 0.6) is 0 Å². The summed E-state index contributed by atoms with van der Waals surface area (Å²) in [5.74, 6) is 3.84. The first kappa shape index (κ1) is 19.7. The molecule has 146 valence electrons. The van der Waals surface area contributed by atoms with Crippen LogP contribution in [0.2, 0.25) is 0 Å². The van der Waals surface area contributed by atoms with Gasteiger partial charge in [-0.1, -0.05) is 27.7 Å². The number of piperidine rings is 2. The third-order valence-corrected chi connectivity index (χ3v) is 8.89. The maximum atomic E-state index is 2.62. The van der Waals surface area contributed by atoms with Gasteiger partial charge in [0.1, 0.15) is 0 Å². The van der Waals surface area contributed by atoms with Gasteiger partial charge in [0.05, 0.1) is 26.2 Å². The Labute approximate surface area is 157 Å². The maximum Gasteiger partial charge on any atom is 0.0893 e. The molecule has 4 unspecified atom stereocenters. The lowest BCUT2D eigenvalue weighted by Gasteiger charge is -2.45. The van der Waals surface area contributed by atoms with Gasteiger partial charge >= 0.3 is 0 Å². The molecule has 0 aromatic carbocycles. The average Bonchev–Trinajstić information content (AvgIpc) is 2.88. The molecule has 25 heavy (non-hydrogen) atoms. The molecule has 0 N–H and O–H groups in total. The Morgan fingerprint density at radius 2 is 1.08 bits per heavy atom. The van der Waals surface area contributed by atoms with E-state index < -0.39 is 0 Å². The molecule has 2 heteroatoms. The van der Waals surface area contributed by atoms with Crippen molar-refractivity contribution in [2.24, 2.45) is 23.7 Å². The molecule has 4 aliphatic rings. The fourth-order valence-corrected chi connectivity index (χ4v) is 6.46. The van der Waals surface area contributed by atoms with Crippen LogP contribution in [-0.4, -0.2) is 54.7 Å². The Balaban J connectivity index is 0.000000146. The molecule has 4 bridgehead atoms. The predicted octanol–water partition coefficient (Wildman–Crippen LogP) is 5.18. The van der Waals surface area contributed by atoms with Crippen molar-refractivity contribution in [2.45, 2.75) is 103 Å². The minimum Gasteiger partial charge on any atom is -0.324 e. The van der Waals surface area contributed by atoms with Gasteiger partial charge in [0.25, 0.3) is 0 Å². The van der Waals surface area contributed by atoms with Gasteiger partial charge in [-0.05, 0) is 56.4 Å². The Hall–Kier alpha value is -0.0800. The topological polar surface area (TPSA) is 3.24 Å². The summed E-state index contributed by atoms with van der Waals surface area (Å²) in [4.78, 5) is 2.62. The summed E-state index contributed by atoms with van der Waals surface area (Å²) >= 11 is 0. The van der Waals surface area contributed by atoms with Crippen molar-refractivity contribution >= 4 is 0 Å². The number of hydrogen-bond acceptors (Lipinski definition) is 1. The van der Waals surface area contributed by atoms with Crippen molar-refractivity contribution in [2.75, 3.05) is 21.1 Å². The fraction of sp³-hybridized carbons (Fsp3) is 1.00. The van der Waals surface area contributed by atoms with Crippen LogP contribution in [0, 0.1) is 23.7 Å². The zero-order valence-electron chi connectivity index (χ0n) is 18.2. The highest BCUT2D eigenvalue weighted by Crippen LogP contribution is 2.44. The molecule has 4 heterocycles. The molecule has 0 saturated carbocycles. The van der Waals surface area contributed by atoms with E-state index in [0.29, 0.717) is 0 Å². The lowest BCUT2D eigenvalue weighted by molar-refractivity contribution is -0.931. The zero-order valence-corrected chi connectivity index (χ0v) is 18.2. The second kappa shape index (κ2) is 7.50. The normalized spacial score (nSPS) is 42.6. The second-order valence-corrected chi connectivity index (χ2v) is 11.0. The standard InChI is InChI=1S/C12H24N.C11H21N/c1-9(2)10-7-11-5-6-12(8-10)13(11,3)4;1-8(2)9-6-10-4-5-11(7-9)12(10)3/h9-12H,5-8H2,1-4H3;8-11H,4-7H2,1-3H3/q+1;. The molecule has 0 aromatic rings. The molecule has 0 radical (unpaired) electrons. The van der Waals surface area contributed by atoms with Gasteiger partial charge in [-0.15, -0.1) is 0 Å². The summed E-state index contributed by atoms with van der Waals surface area (Å²) in [7, 11) is 7.20. The lowest BCUT2D eigenvalue weighted by atomic mass is 9.82. The minimum atomic E-state index is 0.904. The van der Waals surface area contributed by atoms with Gasteiger partial charge in [0.15, 0.2) is 0 Å². The molecule has 2 nitrogen and oxygen atoms in total. The van der Waals surface area contributed by atoms with E-state index in [4.69, 9.17) is 0 Å². The monoisotopic (exact) mass is 349 g/mol. The fourth-order valence-electron chi connectivity index (χ4n) is 6.46. The van der Waals surface area contributed by atoms with Gasteiger partial charge in [-0.2, -0.15) is 0 Å². The van der Waals surface area contributed by atoms with E-state index in [-0.39, 0.29) is 0 Å². The van der Waals surface area contributed by atoms with E-state index in [1.807, 2.05) is 0 Å². The van der Waals surface area contributed by atoms with Gasteiger partial charge in [0, 0.05) is 37.8 Å². The van der Waals surface area contributed by atoms with Crippen LogP contribution >= 0.6 is 0 Å². The van der Waals surface area contributed by atoms with Crippen LogP contribution in [0.1, 0.15) is 79.1 Å². The van der Waals surface area contributed by atoms with E-state index in [1.54, 1.807) is 0 Å². The summed E-state index contributed by atoms with van der Waals surface area (Å²) in [5, 5.41) is 0. The quantitative estimate of drug-likeness (QED) is 0.621. The van der Waals surface area contributed by atoms with E-state index >= 15 is 0 Å². The van der Waals surface area contributed by atoms with Crippen LogP contribution in [0.4, 0.5) is 0 Å². The summed E-state index contributed by atoms with van der Waals surface area (Å²) in [6.45, 7) is 9.57. The zero-order chi connectivity index (χ0) is 18.4. The smallest absolute Gasteiger partial charge is 0.0893 e. The summed E-state index contributed by atoms with van der Waals surface area (Å²) in [6, 6.07) is 3.81. The van der Waals surface area contributed by atoms with Crippen molar-refractivity contribution in [3.63, 3.8) is 0 Å².